The molecular weight excluding hydrogens is 418 g/mol. The number of esters is 1. The number of nitrogens with zero attached hydrogens (tertiary/aromatic N) is 1. The Balaban J connectivity index is 1.13. The summed E-state index contributed by atoms with van der Waals surface area (Å²) in [7, 11) is 0. The van der Waals surface area contributed by atoms with Gasteiger partial charge in [0.2, 0.25) is 11.7 Å². The number of aryl methyl sites for hydroxylation is 1. The first kappa shape index (κ1) is 20.9. The second-order valence-electron chi connectivity index (χ2n) is 10.9. The van der Waals surface area contributed by atoms with Crippen LogP contribution in [0.1, 0.15) is 67.5 Å². The maximum absolute atomic E-state index is 13.8. The maximum atomic E-state index is 13.8. The van der Waals surface area contributed by atoms with Gasteiger partial charge in [-0.1, -0.05) is 18.2 Å². The third kappa shape index (κ3) is 3.41. The Morgan fingerprint density at radius 1 is 1.06 bits per heavy atom. The van der Waals surface area contributed by atoms with Crippen molar-refractivity contribution in [3.8, 4) is 0 Å². The van der Waals surface area contributed by atoms with Crippen molar-refractivity contribution in [2.75, 3.05) is 13.2 Å². The summed E-state index contributed by atoms with van der Waals surface area (Å²) in [4.78, 5) is 41.3. The van der Waals surface area contributed by atoms with Gasteiger partial charge in [0.1, 0.15) is 11.6 Å². The molecule has 1 aromatic heterocycles. The van der Waals surface area contributed by atoms with Crippen molar-refractivity contribution < 1.29 is 23.5 Å². The van der Waals surface area contributed by atoms with Crippen LogP contribution in [0.3, 0.4) is 0 Å². The van der Waals surface area contributed by atoms with Crippen LogP contribution in [0.25, 0.3) is 11.0 Å². The number of ketones is 1. The van der Waals surface area contributed by atoms with Crippen molar-refractivity contribution >= 4 is 28.6 Å². The molecular formula is C27H31NO5. The van der Waals surface area contributed by atoms with Gasteiger partial charge in [-0.05, 0) is 82.1 Å². The lowest BCUT2D eigenvalue weighted by atomic mass is 9.49. The van der Waals surface area contributed by atoms with Gasteiger partial charge >= 0.3 is 5.97 Å². The number of furan rings is 1. The van der Waals surface area contributed by atoms with E-state index in [0.29, 0.717) is 36.3 Å². The molecule has 0 N–H and O–H groups in total. The number of rotatable bonds is 5. The number of carbonyl (C=O) groups is 3. The fraction of sp³-hybridized carbons (Fsp3) is 0.593. The van der Waals surface area contributed by atoms with E-state index in [4.69, 9.17) is 9.15 Å². The number of amides is 1. The first-order chi connectivity index (χ1) is 15.9. The van der Waals surface area contributed by atoms with E-state index in [2.05, 4.69) is 0 Å². The number of likely N-dealkylation sites (tertiary alicyclic amines) is 1. The van der Waals surface area contributed by atoms with E-state index < -0.39 is 12.0 Å². The van der Waals surface area contributed by atoms with Crippen molar-refractivity contribution in [2.45, 2.75) is 64.3 Å². The fourth-order valence-corrected chi connectivity index (χ4v) is 7.67. The van der Waals surface area contributed by atoms with Gasteiger partial charge in [0.25, 0.3) is 0 Å². The summed E-state index contributed by atoms with van der Waals surface area (Å²) in [6, 6.07) is 6.90. The summed E-state index contributed by atoms with van der Waals surface area (Å²) in [5, 5.41) is 0.885. The standard InChI is InChI=1S/C27H31NO5/c1-16-20-5-2-3-7-23(20)33-24(16)22(29)15-32-25(30)21-6-4-8-28(21)26(31)27-12-17-9-18(13-27)11-19(10-17)14-27/h2-3,5,7,17-19,21H,4,6,8-15H2,1H3. The van der Waals surface area contributed by atoms with Crippen molar-refractivity contribution in [2.24, 2.45) is 23.2 Å². The molecule has 0 spiro atoms. The number of benzene rings is 1. The monoisotopic (exact) mass is 449 g/mol. The quantitative estimate of drug-likeness (QED) is 0.490. The van der Waals surface area contributed by atoms with Crippen LogP contribution in [0.2, 0.25) is 0 Å². The first-order valence-electron chi connectivity index (χ1n) is 12.4. The molecule has 1 unspecified atom stereocenters. The van der Waals surface area contributed by atoms with Crippen LogP contribution in [0, 0.1) is 30.1 Å². The number of Topliss-reactive ketones (excluding diaryl/α,β-unsaturated/α-hetero) is 1. The summed E-state index contributed by atoms with van der Waals surface area (Å²) < 4.78 is 11.2. The minimum absolute atomic E-state index is 0.167. The minimum Gasteiger partial charge on any atom is -0.456 e. The lowest BCUT2D eigenvalue weighted by Gasteiger charge is -2.56. The maximum Gasteiger partial charge on any atom is 0.329 e. The van der Waals surface area contributed by atoms with Gasteiger partial charge < -0.3 is 14.1 Å². The SMILES string of the molecule is Cc1c(C(=O)COC(=O)C2CCCN2C(=O)C23CC4CC(CC(C4)C2)C3)oc2ccccc12. The van der Waals surface area contributed by atoms with Crippen molar-refractivity contribution in [3.63, 3.8) is 0 Å². The summed E-state index contributed by atoms with van der Waals surface area (Å²) in [5.41, 5.74) is 1.14. The average Bonchev–Trinajstić information content (AvgIpc) is 3.41. The second-order valence-corrected chi connectivity index (χ2v) is 10.9. The number of para-hydroxylation sites is 1. The molecule has 6 heteroatoms. The molecule has 7 rings (SSSR count). The van der Waals surface area contributed by atoms with Crippen LogP contribution in [0.15, 0.2) is 28.7 Å². The van der Waals surface area contributed by atoms with Gasteiger partial charge in [-0.25, -0.2) is 4.79 Å². The highest BCUT2D eigenvalue weighted by molar-refractivity contribution is 6.01. The highest BCUT2D eigenvalue weighted by Crippen LogP contribution is 2.60. The Morgan fingerprint density at radius 2 is 1.73 bits per heavy atom. The Labute approximate surface area is 193 Å². The first-order valence-corrected chi connectivity index (χ1v) is 12.4. The van der Waals surface area contributed by atoms with Gasteiger partial charge in [0, 0.05) is 17.5 Å². The average molecular weight is 450 g/mol. The summed E-state index contributed by atoms with van der Waals surface area (Å²) in [5.74, 6) is 1.62. The van der Waals surface area contributed by atoms with Gasteiger partial charge in [0.15, 0.2) is 12.4 Å². The van der Waals surface area contributed by atoms with Crippen LogP contribution in [-0.4, -0.2) is 41.8 Å². The Morgan fingerprint density at radius 3 is 2.39 bits per heavy atom. The van der Waals surface area contributed by atoms with E-state index in [1.165, 1.54) is 19.3 Å². The van der Waals surface area contributed by atoms with E-state index in [0.717, 1.165) is 36.6 Å². The van der Waals surface area contributed by atoms with Crippen LogP contribution in [0.4, 0.5) is 0 Å². The highest BCUT2D eigenvalue weighted by Gasteiger charge is 2.57. The molecule has 1 amide bonds. The van der Waals surface area contributed by atoms with Gasteiger partial charge in [0.05, 0.1) is 5.41 Å². The van der Waals surface area contributed by atoms with Crippen LogP contribution >= 0.6 is 0 Å². The molecule has 5 fully saturated rings. The molecule has 1 aliphatic heterocycles. The zero-order valence-corrected chi connectivity index (χ0v) is 19.2. The number of ether oxygens (including phenoxy) is 1. The largest absolute Gasteiger partial charge is 0.456 e. The third-order valence-corrected chi connectivity index (χ3v) is 8.72. The van der Waals surface area contributed by atoms with Crippen molar-refractivity contribution in [3.05, 3.63) is 35.6 Å². The van der Waals surface area contributed by atoms with E-state index in [9.17, 15) is 14.4 Å². The lowest BCUT2D eigenvalue weighted by Crippen LogP contribution is -2.56. The third-order valence-electron chi connectivity index (χ3n) is 8.72. The fourth-order valence-electron chi connectivity index (χ4n) is 7.67. The molecule has 4 saturated carbocycles. The normalized spacial score (nSPS) is 32.5. The van der Waals surface area contributed by atoms with Crippen molar-refractivity contribution in [1.82, 2.24) is 4.90 Å². The van der Waals surface area contributed by atoms with Gasteiger partial charge in [-0.2, -0.15) is 0 Å². The Kier molecular flexibility index (Phi) is 4.89. The molecule has 174 valence electrons. The molecule has 4 bridgehead atoms. The molecule has 2 heterocycles. The second kappa shape index (κ2) is 7.71. The molecule has 1 aromatic carbocycles. The van der Waals surface area contributed by atoms with Crippen molar-refractivity contribution in [1.29, 1.82) is 0 Å². The van der Waals surface area contributed by atoms with Gasteiger partial charge in [-0.15, -0.1) is 0 Å². The number of carbonyl (C=O) groups excluding carboxylic acids is 3. The lowest BCUT2D eigenvalue weighted by molar-refractivity contribution is -0.165. The molecule has 33 heavy (non-hydrogen) atoms. The Bertz CT molecular complexity index is 1100. The summed E-state index contributed by atoms with van der Waals surface area (Å²) >= 11 is 0. The van der Waals surface area contributed by atoms with Crippen LogP contribution in [0.5, 0.6) is 0 Å². The minimum atomic E-state index is -0.574. The van der Waals surface area contributed by atoms with Gasteiger partial charge in [-0.3, -0.25) is 9.59 Å². The summed E-state index contributed by atoms with van der Waals surface area (Å²) in [6.45, 7) is 2.08. The molecule has 6 nitrogen and oxygen atoms in total. The van der Waals surface area contributed by atoms with Crippen LogP contribution < -0.4 is 0 Å². The molecule has 1 saturated heterocycles. The number of hydrogen-bond acceptors (Lipinski definition) is 5. The predicted molar refractivity (Wildman–Crippen MR) is 122 cm³/mol. The van der Waals surface area contributed by atoms with E-state index in [1.54, 1.807) is 4.90 Å². The zero-order valence-electron chi connectivity index (χ0n) is 19.2. The predicted octanol–water partition coefficient (Wildman–Crippen LogP) is 4.67. The topological polar surface area (TPSA) is 76.8 Å². The molecule has 4 aliphatic carbocycles. The number of fused-ring (bicyclic) bond motifs is 1. The molecule has 1 atom stereocenters. The number of hydrogen-bond donors (Lipinski definition) is 0. The van der Waals surface area contributed by atoms with E-state index >= 15 is 0 Å². The molecule has 5 aliphatic rings. The highest BCUT2D eigenvalue weighted by atomic mass is 16.5. The smallest absolute Gasteiger partial charge is 0.329 e. The van der Waals surface area contributed by atoms with E-state index in [-0.39, 0.29) is 29.5 Å². The summed E-state index contributed by atoms with van der Waals surface area (Å²) in [6.07, 6.45) is 8.20. The molecule has 0 radical (unpaired) electrons. The molecule has 2 aromatic rings. The Hall–Kier alpha value is -2.63. The van der Waals surface area contributed by atoms with E-state index in [1.807, 2.05) is 31.2 Å². The zero-order chi connectivity index (χ0) is 22.7. The van der Waals surface area contributed by atoms with Crippen LogP contribution in [-0.2, 0) is 14.3 Å².